The molecule has 0 bridgehead atoms. The molecule has 60 heavy (non-hydrogen) atoms. The van der Waals surface area contributed by atoms with E-state index >= 15 is 0 Å². The molecule has 0 heterocycles. The Morgan fingerprint density at radius 2 is 0.867 bits per heavy atom. The Kier molecular flexibility index (Phi) is 24.0. The van der Waals surface area contributed by atoms with Crippen LogP contribution in [-0.4, -0.2) is 129 Å². The number of benzene rings is 2. The van der Waals surface area contributed by atoms with Crippen molar-refractivity contribution in [2.45, 2.75) is 88.0 Å². The number of nitrogens with one attached hydrogen (secondary N) is 4. The summed E-state index contributed by atoms with van der Waals surface area (Å²) < 4.78 is 11.0. The lowest BCUT2D eigenvalue weighted by molar-refractivity contribution is -0.144. The van der Waals surface area contributed by atoms with Crippen molar-refractivity contribution < 1.29 is 68.3 Å². The quantitative estimate of drug-likeness (QED) is 0.0354. The Morgan fingerprint density at radius 1 is 0.517 bits per heavy atom. The molecule has 0 aliphatic rings. The number of nitrogens with two attached hydrogens (primary N) is 2. The fraction of sp³-hybridized carbons (Fsp3) is 0.474. The lowest BCUT2D eigenvalue weighted by atomic mass is 10.1. The lowest BCUT2D eigenvalue weighted by Gasteiger charge is -2.23. The van der Waals surface area contributed by atoms with Crippen LogP contribution in [0.4, 0.5) is 0 Å². The topological polar surface area (TPSA) is 336 Å². The van der Waals surface area contributed by atoms with Gasteiger partial charge in [0.25, 0.3) is 0 Å². The molecule has 12 N–H and O–H groups in total. The molecule has 20 nitrogen and oxygen atoms in total. The maximum absolute atomic E-state index is 13.4. The first-order chi connectivity index (χ1) is 28.6. The van der Waals surface area contributed by atoms with Gasteiger partial charge >= 0.3 is 23.9 Å². The zero-order valence-electron chi connectivity index (χ0n) is 32.6. The number of carboxylic acid groups (broad SMARTS) is 4. The summed E-state index contributed by atoms with van der Waals surface area (Å²) in [5, 5.41) is 47.4. The zero-order valence-corrected chi connectivity index (χ0v) is 34.2. The minimum atomic E-state index is -1.51. The Bertz CT molecular complexity index is 1590. The number of rotatable bonds is 31. The molecule has 0 aliphatic carbocycles. The molecule has 6 atom stereocenters. The molecule has 4 amide bonds. The Morgan fingerprint density at radius 3 is 1.18 bits per heavy atom. The Balaban J connectivity index is 2.15. The SMILES string of the molecule is N[C@@H](CCCC(=O)N[C@@H](CSSC[C@H](NC(=O)CCC[C@H](N)C(=O)O)C(=O)N[C@H](COCc1ccccc1)C(=O)O)C(=O)N[C@H](COCc1ccccc1)C(=O)O)C(=O)O. The van der Waals surface area contributed by atoms with E-state index in [4.69, 9.17) is 31.2 Å². The first-order valence-corrected chi connectivity index (χ1v) is 21.2. The van der Waals surface area contributed by atoms with Crippen LogP contribution >= 0.6 is 21.6 Å². The van der Waals surface area contributed by atoms with Crippen molar-refractivity contribution in [2.75, 3.05) is 24.7 Å². The second kappa shape index (κ2) is 28.3. The van der Waals surface area contributed by atoms with Crippen LogP contribution < -0.4 is 32.7 Å². The molecule has 0 saturated heterocycles. The van der Waals surface area contributed by atoms with E-state index in [0.717, 1.165) is 32.7 Å². The van der Waals surface area contributed by atoms with Gasteiger partial charge in [0, 0.05) is 24.3 Å². The van der Waals surface area contributed by atoms with E-state index in [1.54, 1.807) is 60.7 Å². The maximum atomic E-state index is 13.4. The summed E-state index contributed by atoms with van der Waals surface area (Å²) in [6.07, 6.45) is -0.365. The third kappa shape index (κ3) is 21.1. The van der Waals surface area contributed by atoms with E-state index in [9.17, 15) is 48.6 Å². The highest BCUT2D eigenvalue weighted by Crippen LogP contribution is 2.24. The summed E-state index contributed by atoms with van der Waals surface area (Å²) in [5.74, 6) is -8.84. The number of aliphatic carboxylic acids is 4. The normalized spacial score (nSPS) is 14.0. The van der Waals surface area contributed by atoms with Gasteiger partial charge in [-0.2, -0.15) is 0 Å². The molecule has 2 aromatic carbocycles. The fourth-order valence-electron chi connectivity index (χ4n) is 4.97. The first-order valence-electron chi connectivity index (χ1n) is 18.7. The van der Waals surface area contributed by atoms with Crippen molar-refractivity contribution in [3.63, 3.8) is 0 Å². The van der Waals surface area contributed by atoms with E-state index in [2.05, 4.69) is 21.3 Å². The molecule has 0 aliphatic heterocycles. The van der Waals surface area contributed by atoms with Gasteiger partial charge in [-0.15, -0.1) is 0 Å². The molecule has 330 valence electrons. The van der Waals surface area contributed by atoms with Crippen molar-refractivity contribution in [3.05, 3.63) is 71.8 Å². The predicted octanol–water partition coefficient (Wildman–Crippen LogP) is 0.0742. The number of carbonyl (C=O) groups excluding carboxylic acids is 4. The van der Waals surface area contributed by atoms with Crippen LogP contribution in [0.3, 0.4) is 0 Å². The number of carboxylic acids is 4. The largest absolute Gasteiger partial charge is 0.480 e. The van der Waals surface area contributed by atoms with Crippen molar-refractivity contribution in [3.8, 4) is 0 Å². The average Bonchev–Trinajstić information content (AvgIpc) is 3.20. The van der Waals surface area contributed by atoms with Gasteiger partial charge in [0.15, 0.2) is 12.1 Å². The molecule has 0 radical (unpaired) electrons. The molecular formula is C38H52N6O14S2. The van der Waals surface area contributed by atoms with Crippen LogP contribution in [0, 0.1) is 0 Å². The predicted molar refractivity (Wildman–Crippen MR) is 219 cm³/mol. The zero-order chi connectivity index (χ0) is 44.5. The van der Waals surface area contributed by atoms with Crippen LogP contribution in [0.5, 0.6) is 0 Å². The molecule has 0 aromatic heterocycles. The molecular weight excluding hydrogens is 829 g/mol. The minimum absolute atomic E-state index is 0.0342. The van der Waals surface area contributed by atoms with Crippen molar-refractivity contribution in [1.82, 2.24) is 21.3 Å². The molecule has 0 saturated carbocycles. The summed E-state index contributed by atoms with van der Waals surface area (Å²) in [5.41, 5.74) is 12.5. The standard InChI is InChI=1S/C38H52N6O14S2/c39-25(35(49)50)13-7-15-31(45)41-29(33(47)43-27(37(53)54)19-57-17-23-9-3-1-4-10-23)21-59-60-22-30(42-32(46)16-8-14-26(40)36(51)52)34(48)44-28(38(55)56)20-58-18-24-11-5-2-6-12-24/h1-6,9-12,25-30H,7-8,13-22,39-40H2,(H,41,45)(H,42,46)(H,43,47)(H,44,48)(H,49,50)(H,51,52)(H,53,54)(H,55,56)/t25-,26-,27+,28+,29-,30-/m0/s1. The molecule has 0 fully saturated rings. The molecule has 0 spiro atoms. The van der Waals surface area contributed by atoms with Gasteiger partial charge in [-0.3, -0.25) is 28.8 Å². The van der Waals surface area contributed by atoms with Gasteiger partial charge in [0.1, 0.15) is 24.2 Å². The smallest absolute Gasteiger partial charge is 0.328 e. The van der Waals surface area contributed by atoms with Crippen molar-refractivity contribution in [1.29, 1.82) is 0 Å². The highest BCUT2D eigenvalue weighted by atomic mass is 33.1. The van der Waals surface area contributed by atoms with Crippen molar-refractivity contribution >= 4 is 69.1 Å². The van der Waals surface area contributed by atoms with E-state index < -0.39 is 97.0 Å². The van der Waals surface area contributed by atoms with Gasteiger partial charge in [0.05, 0.1) is 26.4 Å². The molecule has 0 unspecified atom stereocenters. The Hall–Kier alpha value is -5.26. The van der Waals surface area contributed by atoms with Gasteiger partial charge in [-0.25, -0.2) is 9.59 Å². The third-order valence-electron chi connectivity index (χ3n) is 8.35. The van der Waals surface area contributed by atoms with Gasteiger partial charge in [-0.1, -0.05) is 82.3 Å². The van der Waals surface area contributed by atoms with Gasteiger partial charge in [0.2, 0.25) is 23.6 Å². The monoisotopic (exact) mass is 880 g/mol. The molecule has 2 aromatic rings. The fourth-order valence-corrected chi connectivity index (χ4v) is 7.30. The number of ether oxygens (including phenoxy) is 2. The van der Waals surface area contributed by atoms with E-state index in [1.807, 2.05) is 0 Å². The number of amides is 4. The molecule has 2 rings (SSSR count). The summed E-state index contributed by atoms with van der Waals surface area (Å²) in [7, 11) is 1.92. The van der Waals surface area contributed by atoms with E-state index in [-0.39, 0.29) is 63.2 Å². The number of hydrogen-bond donors (Lipinski definition) is 10. The number of carbonyl (C=O) groups is 8. The average molecular weight is 881 g/mol. The van der Waals surface area contributed by atoms with E-state index in [0.29, 0.717) is 0 Å². The van der Waals surface area contributed by atoms with E-state index in [1.165, 1.54) is 0 Å². The van der Waals surface area contributed by atoms with Gasteiger partial charge in [-0.05, 0) is 36.8 Å². The van der Waals surface area contributed by atoms with Crippen LogP contribution in [0.15, 0.2) is 60.7 Å². The maximum Gasteiger partial charge on any atom is 0.328 e. The summed E-state index contributed by atoms with van der Waals surface area (Å²) in [4.78, 5) is 98.8. The summed E-state index contributed by atoms with van der Waals surface area (Å²) in [6.45, 7) is -0.723. The van der Waals surface area contributed by atoms with Crippen LogP contribution in [0.2, 0.25) is 0 Å². The summed E-state index contributed by atoms with van der Waals surface area (Å²) >= 11 is 0. The van der Waals surface area contributed by atoms with Crippen LogP contribution in [0.25, 0.3) is 0 Å². The van der Waals surface area contributed by atoms with Crippen LogP contribution in [-0.2, 0) is 61.0 Å². The second-order valence-electron chi connectivity index (χ2n) is 13.3. The third-order valence-corrected chi connectivity index (χ3v) is 10.8. The summed E-state index contributed by atoms with van der Waals surface area (Å²) in [6, 6.07) is 9.59. The lowest BCUT2D eigenvalue weighted by Crippen LogP contribution is -2.54. The Labute approximate surface area is 353 Å². The van der Waals surface area contributed by atoms with Crippen LogP contribution in [0.1, 0.15) is 49.7 Å². The first kappa shape index (κ1) is 50.9. The minimum Gasteiger partial charge on any atom is -0.480 e. The highest BCUT2D eigenvalue weighted by molar-refractivity contribution is 8.76. The second-order valence-corrected chi connectivity index (χ2v) is 15.8. The van der Waals surface area contributed by atoms with Crippen molar-refractivity contribution in [2.24, 2.45) is 11.5 Å². The number of hydrogen-bond acceptors (Lipinski definition) is 14. The molecule has 22 heteroatoms. The highest BCUT2D eigenvalue weighted by Gasteiger charge is 2.30. The van der Waals surface area contributed by atoms with Gasteiger partial charge < -0.3 is 62.6 Å².